The number of ether oxygens (including phenoxy) is 1. The second-order valence-corrected chi connectivity index (χ2v) is 4.13. The van der Waals surface area contributed by atoms with Crippen LogP contribution in [0.25, 0.3) is 11.1 Å². The molecule has 0 atom stereocenters. The molecule has 0 aromatic heterocycles. The zero-order chi connectivity index (χ0) is 12.4. The number of aryl methyl sites for hydroxylation is 1. The molecular weight excluding hydrogens is 212 g/mol. The van der Waals surface area contributed by atoms with E-state index in [0.29, 0.717) is 5.75 Å². The van der Waals surface area contributed by atoms with Gasteiger partial charge in [0.1, 0.15) is 0 Å². The van der Waals surface area contributed by atoms with Crippen LogP contribution in [0.2, 0.25) is 0 Å². The van der Waals surface area contributed by atoms with Crippen molar-refractivity contribution in [1.82, 2.24) is 0 Å². The predicted molar refractivity (Wildman–Crippen MR) is 69.6 cm³/mol. The summed E-state index contributed by atoms with van der Waals surface area (Å²) < 4.78 is 5.13. The second kappa shape index (κ2) is 4.50. The molecule has 88 valence electrons. The van der Waals surface area contributed by atoms with Crippen molar-refractivity contribution < 1.29 is 9.84 Å². The van der Waals surface area contributed by atoms with Crippen LogP contribution in [0.1, 0.15) is 11.1 Å². The average Bonchev–Trinajstić information content (AvgIpc) is 2.34. The molecule has 17 heavy (non-hydrogen) atoms. The van der Waals surface area contributed by atoms with E-state index < -0.39 is 0 Å². The van der Waals surface area contributed by atoms with E-state index in [2.05, 4.69) is 26.0 Å². The summed E-state index contributed by atoms with van der Waals surface area (Å²) in [6, 6.07) is 11.6. The van der Waals surface area contributed by atoms with E-state index in [1.54, 1.807) is 13.2 Å². The van der Waals surface area contributed by atoms with Crippen molar-refractivity contribution in [2.45, 2.75) is 13.8 Å². The lowest BCUT2D eigenvalue weighted by Crippen LogP contribution is -1.89. The smallest absolute Gasteiger partial charge is 0.161 e. The van der Waals surface area contributed by atoms with E-state index in [-0.39, 0.29) is 5.75 Å². The molecule has 2 aromatic carbocycles. The van der Waals surface area contributed by atoms with Crippen LogP contribution < -0.4 is 4.74 Å². The molecule has 0 radical (unpaired) electrons. The Balaban J connectivity index is 2.57. The van der Waals surface area contributed by atoms with Crippen LogP contribution in [0.4, 0.5) is 0 Å². The predicted octanol–water partition coefficient (Wildman–Crippen LogP) is 3.68. The Morgan fingerprint density at radius 3 is 2.53 bits per heavy atom. The summed E-state index contributed by atoms with van der Waals surface area (Å²) in [5.74, 6) is 0.671. The van der Waals surface area contributed by atoms with Crippen LogP contribution in [0.5, 0.6) is 11.5 Å². The maximum absolute atomic E-state index is 9.58. The van der Waals surface area contributed by atoms with Gasteiger partial charge in [-0.15, -0.1) is 0 Å². The Morgan fingerprint density at radius 1 is 1.06 bits per heavy atom. The van der Waals surface area contributed by atoms with Gasteiger partial charge in [-0.2, -0.15) is 0 Å². The van der Waals surface area contributed by atoms with Gasteiger partial charge in [0, 0.05) is 0 Å². The van der Waals surface area contributed by atoms with Gasteiger partial charge >= 0.3 is 0 Å². The SMILES string of the molecule is COc1cc(-c2cccc(C)c2C)ccc1O. The molecule has 2 rings (SSSR count). The molecule has 0 heterocycles. The van der Waals surface area contributed by atoms with Gasteiger partial charge in [-0.25, -0.2) is 0 Å². The molecule has 2 heteroatoms. The third-order valence-electron chi connectivity index (χ3n) is 3.10. The second-order valence-electron chi connectivity index (χ2n) is 4.13. The van der Waals surface area contributed by atoms with Gasteiger partial charge in [0.25, 0.3) is 0 Å². The Kier molecular flexibility index (Phi) is 3.05. The van der Waals surface area contributed by atoms with Crippen LogP contribution >= 0.6 is 0 Å². The number of phenols is 1. The van der Waals surface area contributed by atoms with Crippen LogP contribution in [-0.2, 0) is 0 Å². The van der Waals surface area contributed by atoms with Crippen molar-refractivity contribution >= 4 is 0 Å². The number of aromatic hydroxyl groups is 1. The minimum atomic E-state index is 0.168. The van der Waals surface area contributed by atoms with Crippen molar-refractivity contribution in [3.8, 4) is 22.6 Å². The van der Waals surface area contributed by atoms with Gasteiger partial charge in [-0.1, -0.05) is 24.3 Å². The molecule has 0 spiro atoms. The summed E-state index contributed by atoms with van der Waals surface area (Å²) in [7, 11) is 1.56. The van der Waals surface area contributed by atoms with E-state index in [4.69, 9.17) is 4.74 Å². The molecule has 0 saturated carbocycles. The van der Waals surface area contributed by atoms with Crippen molar-refractivity contribution in [2.75, 3.05) is 7.11 Å². The summed E-state index contributed by atoms with van der Waals surface area (Å²) in [6.07, 6.45) is 0. The topological polar surface area (TPSA) is 29.5 Å². The number of methoxy groups -OCH3 is 1. The standard InChI is InChI=1S/C15H16O2/c1-10-5-4-6-13(11(10)2)12-7-8-14(16)15(9-12)17-3/h4-9,16H,1-3H3. The first-order chi connectivity index (χ1) is 8.13. The minimum Gasteiger partial charge on any atom is -0.504 e. The third-order valence-corrected chi connectivity index (χ3v) is 3.10. The molecule has 0 aliphatic rings. The largest absolute Gasteiger partial charge is 0.504 e. The van der Waals surface area contributed by atoms with Crippen LogP contribution in [0.3, 0.4) is 0 Å². The van der Waals surface area contributed by atoms with E-state index in [9.17, 15) is 5.11 Å². The van der Waals surface area contributed by atoms with Crippen LogP contribution in [0, 0.1) is 13.8 Å². The maximum Gasteiger partial charge on any atom is 0.161 e. The average molecular weight is 228 g/mol. The van der Waals surface area contributed by atoms with Gasteiger partial charge < -0.3 is 9.84 Å². The summed E-state index contributed by atoms with van der Waals surface area (Å²) in [4.78, 5) is 0. The van der Waals surface area contributed by atoms with Gasteiger partial charge in [-0.05, 0) is 48.2 Å². The molecule has 2 nitrogen and oxygen atoms in total. The third kappa shape index (κ3) is 2.11. The number of rotatable bonds is 2. The molecule has 0 fully saturated rings. The molecule has 0 aliphatic heterocycles. The fourth-order valence-corrected chi connectivity index (χ4v) is 1.91. The first-order valence-corrected chi connectivity index (χ1v) is 5.57. The molecule has 0 amide bonds. The summed E-state index contributed by atoms with van der Waals surface area (Å²) >= 11 is 0. The summed E-state index contributed by atoms with van der Waals surface area (Å²) in [6.45, 7) is 4.19. The highest BCUT2D eigenvalue weighted by Gasteiger charge is 2.07. The Labute approximate surface area is 101 Å². The van der Waals surface area contributed by atoms with Crippen molar-refractivity contribution in [3.63, 3.8) is 0 Å². The molecular formula is C15H16O2. The van der Waals surface area contributed by atoms with Crippen LogP contribution in [0.15, 0.2) is 36.4 Å². The number of benzene rings is 2. The van der Waals surface area contributed by atoms with E-state index in [1.807, 2.05) is 18.2 Å². The fourth-order valence-electron chi connectivity index (χ4n) is 1.91. The first-order valence-electron chi connectivity index (χ1n) is 5.57. The van der Waals surface area contributed by atoms with Gasteiger partial charge in [0.05, 0.1) is 7.11 Å². The Morgan fingerprint density at radius 2 is 1.82 bits per heavy atom. The molecule has 0 unspecified atom stereocenters. The lowest BCUT2D eigenvalue weighted by Gasteiger charge is -2.10. The zero-order valence-electron chi connectivity index (χ0n) is 10.3. The van der Waals surface area contributed by atoms with E-state index >= 15 is 0 Å². The highest BCUT2D eigenvalue weighted by Crippen LogP contribution is 2.33. The van der Waals surface area contributed by atoms with Gasteiger partial charge in [0.2, 0.25) is 0 Å². The summed E-state index contributed by atoms with van der Waals surface area (Å²) in [5.41, 5.74) is 4.74. The lowest BCUT2D eigenvalue weighted by atomic mass is 9.97. The highest BCUT2D eigenvalue weighted by molar-refractivity contribution is 5.71. The minimum absolute atomic E-state index is 0.168. The number of phenolic OH excluding ortho intramolecular Hbond substituents is 1. The van der Waals surface area contributed by atoms with Crippen molar-refractivity contribution in [3.05, 3.63) is 47.5 Å². The normalized spacial score (nSPS) is 10.3. The number of hydrogen-bond acceptors (Lipinski definition) is 2. The van der Waals surface area contributed by atoms with Crippen LogP contribution in [-0.4, -0.2) is 12.2 Å². The summed E-state index contributed by atoms with van der Waals surface area (Å²) in [5, 5.41) is 9.58. The monoisotopic (exact) mass is 228 g/mol. The molecule has 0 aliphatic carbocycles. The van der Waals surface area contributed by atoms with E-state index in [0.717, 1.165) is 5.56 Å². The highest BCUT2D eigenvalue weighted by atomic mass is 16.5. The molecule has 1 N–H and O–H groups in total. The number of hydrogen-bond donors (Lipinski definition) is 1. The Bertz CT molecular complexity index is 545. The van der Waals surface area contributed by atoms with Crippen molar-refractivity contribution in [2.24, 2.45) is 0 Å². The molecule has 0 bridgehead atoms. The lowest BCUT2D eigenvalue weighted by molar-refractivity contribution is 0.373. The first kappa shape index (κ1) is 11.5. The van der Waals surface area contributed by atoms with E-state index in [1.165, 1.54) is 16.7 Å². The molecule has 2 aromatic rings. The Hall–Kier alpha value is -1.96. The van der Waals surface area contributed by atoms with Crippen molar-refractivity contribution in [1.29, 1.82) is 0 Å². The quantitative estimate of drug-likeness (QED) is 0.849. The van der Waals surface area contributed by atoms with Gasteiger partial charge in [-0.3, -0.25) is 0 Å². The zero-order valence-corrected chi connectivity index (χ0v) is 10.3. The molecule has 0 saturated heterocycles. The van der Waals surface area contributed by atoms with Gasteiger partial charge in [0.15, 0.2) is 11.5 Å². The fraction of sp³-hybridized carbons (Fsp3) is 0.200. The maximum atomic E-state index is 9.58.